The first-order valence-electron chi connectivity index (χ1n) is 5.54. The summed E-state index contributed by atoms with van der Waals surface area (Å²) in [5, 5.41) is 0.110. The molecule has 1 aromatic carbocycles. The molecule has 2 aromatic rings. The molecule has 1 heterocycles. The molecule has 18 heavy (non-hydrogen) atoms. The molecule has 94 valence electrons. The molecule has 1 unspecified atom stereocenters. The third kappa shape index (κ3) is 3.03. The number of aryl methyl sites for hydroxylation is 1. The van der Waals surface area contributed by atoms with Crippen molar-refractivity contribution in [3.05, 3.63) is 58.4 Å². The van der Waals surface area contributed by atoms with Crippen molar-refractivity contribution in [2.45, 2.75) is 19.4 Å². The van der Waals surface area contributed by atoms with Gasteiger partial charge in [-0.15, -0.1) is 0 Å². The van der Waals surface area contributed by atoms with Gasteiger partial charge < -0.3 is 5.73 Å². The van der Waals surface area contributed by atoms with Gasteiger partial charge in [-0.2, -0.15) is 0 Å². The summed E-state index contributed by atoms with van der Waals surface area (Å²) in [6.07, 6.45) is 3.90. The maximum absolute atomic E-state index is 13.3. The molecule has 1 atom stereocenters. The molecule has 1 aromatic heterocycles. The molecular weight excluding hydrogens is 253 g/mol. The summed E-state index contributed by atoms with van der Waals surface area (Å²) >= 11 is 5.62. The highest BCUT2D eigenvalue weighted by molar-refractivity contribution is 6.30. The van der Waals surface area contributed by atoms with E-state index in [1.54, 1.807) is 18.5 Å². The molecule has 0 spiro atoms. The minimum Gasteiger partial charge on any atom is -0.321 e. The van der Waals surface area contributed by atoms with Crippen LogP contribution in [0.2, 0.25) is 5.02 Å². The van der Waals surface area contributed by atoms with E-state index in [1.807, 2.05) is 6.92 Å². The Hall–Kier alpha value is -1.52. The van der Waals surface area contributed by atoms with E-state index in [-0.39, 0.29) is 11.1 Å². The van der Waals surface area contributed by atoms with Crippen molar-refractivity contribution in [3.63, 3.8) is 0 Å². The number of halogens is 2. The van der Waals surface area contributed by atoms with Gasteiger partial charge in [-0.3, -0.25) is 0 Å². The van der Waals surface area contributed by atoms with Gasteiger partial charge in [0.25, 0.3) is 0 Å². The van der Waals surface area contributed by atoms with Gasteiger partial charge in [0.1, 0.15) is 11.6 Å². The fraction of sp³-hybridized carbons (Fsp3) is 0.231. The third-order valence-electron chi connectivity index (χ3n) is 2.57. The Morgan fingerprint density at radius 2 is 2.00 bits per heavy atom. The van der Waals surface area contributed by atoms with Crippen molar-refractivity contribution in [2.24, 2.45) is 5.73 Å². The van der Waals surface area contributed by atoms with Crippen molar-refractivity contribution in [1.29, 1.82) is 0 Å². The standard InChI is InChI=1S/C13H13ClFN3/c1-8-6-17-13(18-7-8)12(16)5-9-2-3-10(14)11(15)4-9/h2-4,6-7,12H,5,16H2,1H3. The summed E-state index contributed by atoms with van der Waals surface area (Å²) < 4.78 is 13.3. The smallest absolute Gasteiger partial charge is 0.145 e. The molecule has 0 fully saturated rings. The highest BCUT2D eigenvalue weighted by Gasteiger charge is 2.11. The summed E-state index contributed by atoms with van der Waals surface area (Å²) in [5.41, 5.74) is 7.73. The van der Waals surface area contributed by atoms with Crippen molar-refractivity contribution in [2.75, 3.05) is 0 Å². The molecule has 0 amide bonds. The number of nitrogens with zero attached hydrogens (tertiary/aromatic N) is 2. The molecule has 0 aliphatic heterocycles. The highest BCUT2D eigenvalue weighted by Crippen LogP contribution is 2.19. The normalized spacial score (nSPS) is 12.4. The summed E-state index contributed by atoms with van der Waals surface area (Å²) in [6.45, 7) is 1.91. The summed E-state index contributed by atoms with van der Waals surface area (Å²) in [7, 11) is 0. The molecule has 0 saturated carbocycles. The number of aromatic nitrogens is 2. The van der Waals surface area contributed by atoms with Crippen LogP contribution in [0.15, 0.2) is 30.6 Å². The Kier molecular flexibility index (Phi) is 3.89. The zero-order valence-corrected chi connectivity index (χ0v) is 10.7. The fourth-order valence-corrected chi connectivity index (χ4v) is 1.72. The van der Waals surface area contributed by atoms with Crippen LogP contribution in [0, 0.1) is 12.7 Å². The molecule has 0 aliphatic carbocycles. The molecular formula is C13H13ClFN3. The second-order valence-electron chi connectivity index (χ2n) is 4.18. The van der Waals surface area contributed by atoms with E-state index in [1.165, 1.54) is 12.1 Å². The van der Waals surface area contributed by atoms with Crippen molar-refractivity contribution < 1.29 is 4.39 Å². The van der Waals surface area contributed by atoms with Crippen molar-refractivity contribution >= 4 is 11.6 Å². The average Bonchev–Trinajstić information content (AvgIpc) is 2.34. The molecule has 2 N–H and O–H groups in total. The van der Waals surface area contributed by atoms with E-state index in [4.69, 9.17) is 17.3 Å². The van der Waals surface area contributed by atoms with Crippen LogP contribution in [-0.2, 0) is 6.42 Å². The molecule has 0 saturated heterocycles. The van der Waals surface area contributed by atoms with E-state index >= 15 is 0 Å². The van der Waals surface area contributed by atoms with E-state index in [0.29, 0.717) is 12.2 Å². The lowest BCUT2D eigenvalue weighted by atomic mass is 10.1. The molecule has 0 aliphatic rings. The first kappa shape index (κ1) is 12.9. The van der Waals surface area contributed by atoms with Gasteiger partial charge in [-0.05, 0) is 36.6 Å². The van der Waals surface area contributed by atoms with Gasteiger partial charge in [-0.25, -0.2) is 14.4 Å². The Morgan fingerprint density at radius 3 is 2.61 bits per heavy atom. The molecule has 0 bridgehead atoms. The SMILES string of the molecule is Cc1cnc(C(N)Cc2ccc(Cl)c(F)c2)nc1. The third-order valence-corrected chi connectivity index (χ3v) is 2.88. The second kappa shape index (κ2) is 5.42. The van der Waals surface area contributed by atoms with Crippen LogP contribution < -0.4 is 5.73 Å². The monoisotopic (exact) mass is 265 g/mol. The van der Waals surface area contributed by atoms with Crippen molar-refractivity contribution in [3.8, 4) is 0 Å². The number of nitrogens with two attached hydrogens (primary N) is 1. The molecule has 2 rings (SSSR count). The molecule has 5 heteroatoms. The van der Waals surface area contributed by atoms with Gasteiger partial charge in [0.05, 0.1) is 11.1 Å². The van der Waals surface area contributed by atoms with Crippen LogP contribution in [-0.4, -0.2) is 9.97 Å². The summed E-state index contributed by atoms with van der Waals surface area (Å²) in [5.74, 6) is 0.113. The minimum absolute atomic E-state index is 0.110. The van der Waals surface area contributed by atoms with Gasteiger partial charge in [0.15, 0.2) is 0 Å². The largest absolute Gasteiger partial charge is 0.321 e. The predicted octanol–water partition coefficient (Wildman–Crippen LogP) is 2.82. The van der Waals surface area contributed by atoms with Crippen LogP contribution in [0.25, 0.3) is 0 Å². The Morgan fingerprint density at radius 1 is 1.33 bits per heavy atom. The number of hydrogen-bond acceptors (Lipinski definition) is 3. The van der Waals surface area contributed by atoms with Gasteiger partial charge >= 0.3 is 0 Å². The average molecular weight is 266 g/mol. The Balaban J connectivity index is 2.13. The van der Waals surface area contributed by atoms with Crippen LogP contribution in [0.4, 0.5) is 4.39 Å². The van der Waals surface area contributed by atoms with Gasteiger partial charge in [0.2, 0.25) is 0 Å². The van der Waals surface area contributed by atoms with Crippen LogP contribution >= 0.6 is 11.6 Å². The van der Waals surface area contributed by atoms with Gasteiger partial charge in [0, 0.05) is 12.4 Å². The Bertz CT molecular complexity index is 542. The predicted molar refractivity (Wildman–Crippen MR) is 68.8 cm³/mol. The highest BCUT2D eigenvalue weighted by atomic mass is 35.5. The second-order valence-corrected chi connectivity index (χ2v) is 4.58. The van der Waals surface area contributed by atoms with Crippen LogP contribution in [0.3, 0.4) is 0 Å². The summed E-state index contributed by atoms with van der Waals surface area (Å²) in [4.78, 5) is 8.32. The zero-order chi connectivity index (χ0) is 13.1. The molecule has 3 nitrogen and oxygen atoms in total. The van der Waals surface area contributed by atoms with Crippen LogP contribution in [0.1, 0.15) is 23.0 Å². The zero-order valence-electron chi connectivity index (χ0n) is 9.90. The number of rotatable bonds is 3. The van der Waals surface area contributed by atoms with E-state index in [2.05, 4.69) is 9.97 Å². The first-order valence-corrected chi connectivity index (χ1v) is 5.92. The maximum Gasteiger partial charge on any atom is 0.145 e. The molecule has 0 radical (unpaired) electrons. The minimum atomic E-state index is -0.439. The Labute approximate surface area is 110 Å². The topological polar surface area (TPSA) is 51.8 Å². The van der Waals surface area contributed by atoms with Crippen molar-refractivity contribution in [1.82, 2.24) is 9.97 Å². The van der Waals surface area contributed by atoms with E-state index in [0.717, 1.165) is 11.1 Å². The lowest BCUT2D eigenvalue weighted by Crippen LogP contribution is -2.16. The van der Waals surface area contributed by atoms with E-state index in [9.17, 15) is 4.39 Å². The van der Waals surface area contributed by atoms with E-state index < -0.39 is 5.82 Å². The quantitative estimate of drug-likeness (QED) is 0.928. The van der Waals surface area contributed by atoms with Gasteiger partial charge in [-0.1, -0.05) is 17.7 Å². The summed E-state index contributed by atoms with van der Waals surface area (Å²) in [6, 6.07) is 4.30. The van der Waals surface area contributed by atoms with Crippen LogP contribution in [0.5, 0.6) is 0 Å². The number of benzene rings is 1. The first-order chi connectivity index (χ1) is 8.56. The maximum atomic E-state index is 13.3. The number of hydrogen-bond donors (Lipinski definition) is 1. The lowest BCUT2D eigenvalue weighted by molar-refractivity contribution is 0.618. The lowest BCUT2D eigenvalue weighted by Gasteiger charge is -2.10. The fourth-order valence-electron chi connectivity index (χ4n) is 1.61.